The molecule has 0 aromatic rings. The molecule has 0 aliphatic rings. The normalized spacial score (nSPS) is 14.8. The summed E-state index contributed by atoms with van der Waals surface area (Å²) in [5, 5.41) is 0. The Bertz CT molecular complexity index is 1950. The van der Waals surface area contributed by atoms with E-state index in [1.54, 1.807) is 0 Å². The topological polar surface area (TPSA) is 119 Å². The van der Waals surface area contributed by atoms with E-state index in [9.17, 15) is 4.79 Å². The van der Waals surface area contributed by atoms with Gasteiger partial charge >= 0.3 is 6.16 Å². The quantitative estimate of drug-likeness (QED) is 0.0856. The molecule has 0 amide bonds. The lowest BCUT2D eigenvalue weighted by Gasteiger charge is -2.47. The van der Waals surface area contributed by atoms with Crippen molar-refractivity contribution < 1.29 is 56.9 Å². The SMILES string of the molecule is CC(C)(C)CC(CC(C)(C)C)OC(C)(C)C.CC(C)(C)CC(COC(=O)OC(C)(C)C)C(C)(C)C.CC(C)(C)CC(COC(C)(C)C)(CC(C)(C)C)CC(C)(C)C.CC(C)(C)OCC(COC(C)(C)C)(COC(C)(C)C)COC(C)(C)C.CC(C)(C)OCC(COC(C)(C)C)OC(C)(C)C. The second-order valence-corrected chi connectivity index (χ2v) is 47.9. The van der Waals surface area contributed by atoms with Crippen LogP contribution in [0.1, 0.15) is 392 Å². The summed E-state index contributed by atoms with van der Waals surface area (Å²) in [6.45, 7) is 114. The van der Waals surface area contributed by atoms with Gasteiger partial charge < -0.3 is 52.1 Å². The summed E-state index contributed by atoms with van der Waals surface area (Å²) in [5.74, 6) is 0.319. The molecule has 0 fully saturated rings. The lowest BCUT2D eigenvalue weighted by atomic mass is 9.61. The molecule has 0 spiro atoms. The Labute approximate surface area is 627 Å². The Morgan fingerprint density at radius 2 is 0.470 bits per heavy atom. The fourth-order valence-corrected chi connectivity index (χ4v) is 10.9. The molecule has 0 N–H and O–H groups in total. The molecule has 0 rings (SSSR count). The third kappa shape index (κ3) is 81.0. The predicted molar refractivity (Wildman–Crippen MR) is 434 cm³/mol. The van der Waals surface area contributed by atoms with E-state index >= 15 is 0 Å². The summed E-state index contributed by atoms with van der Waals surface area (Å²) in [6.07, 6.45) is 6.65. The van der Waals surface area contributed by atoms with Crippen molar-refractivity contribution in [2.24, 2.45) is 54.7 Å². The average Bonchev–Trinajstić information content (AvgIpc) is 0.805. The summed E-state index contributed by atoms with van der Waals surface area (Å²) in [5.41, 5.74) is -0.183. The average molecular weight is 1430 g/mol. The van der Waals surface area contributed by atoms with E-state index in [1.165, 1.54) is 19.3 Å². The molecule has 0 bridgehead atoms. The van der Waals surface area contributed by atoms with Crippen molar-refractivity contribution >= 4 is 6.16 Å². The van der Waals surface area contributed by atoms with Crippen molar-refractivity contribution in [2.45, 2.75) is 460 Å². The van der Waals surface area contributed by atoms with E-state index in [2.05, 4.69) is 270 Å². The largest absolute Gasteiger partial charge is 0.508 e. The standard InChI is InChI=1S/C21H44O4.C21H44O.C16H32O3.C15H32O3.C15H32O/c1-17(2,3)22-13-21(14-23-18(4,5)6,15-24-19(7,8)9)16-25-20(10,11)12;1-17(2,3)13-21(14-18(4,5)6,15-19(7,8)9)16-22-20(10,11)12;1-14(2,3)10-12(15(4,5)6)11-18-13(17)19-16(7,8)9;1-13(2,3)16-10-12(18-15(7,8)9)11-17-14(4,5)6;1-13(2,3)10-12(11-14(4,5)6)16-15(7,8)9/h13-16H2,1-12H3;13-16H2,1-12H3;12H,10-11H2,1-9H3;12H,10-11H2,1-9H3;12H,10-11H2,1-9H3. The van der Waals surface area contributed by atoms with Crippen LogP contribution in [0.3, 0.4) is 0 Å². The number of carbonyl (C=O) groups is 1. The van der Waals surface area contributed by atoms with Gasteiger partial charge in [0.25, 0.3) is 0 Å². The first-order chi connectivity index (χ1) is 42.9. The fourth-order valence-electron chi connectivity index (χ4n) is 10.9. The molecule has 0 radical (unpaired) electrons. The minimum atomic E-state index is -0.573. The van der Waals surface area contributed by atoms with Crippen molar-refractivity contribution in [3.63, 3.8) is 0 Å². The zero-order valence-electron chi connectivity index (χ0n) is 77.5. The van der Waals surface area contributed by atoms with E-state index in [4.69, 9.17) is 52.1 Å². The first-order valence-electron chi connectivity index (χ1n) is 38.6. The van der Waals surface area contributed by atoms with Crippen LogP contribution in [0.2, 0.25) is 0 Å². The highest BCUT2D eigenvalue weighted by molar-refractivity contribution is 5.60. The molecular weight excluding hydrogens is 1250 g/mol. The molecule has 0 saturated heterocycles. The third-order valence-corrected chi connectivity index (χ3v) is 13.8. The minimum absolute atomic E-state index is 0.0385. The summed E-state index contributed by atoms with van der Waals surface area (Å²) in [4.78, 5) is 11.6. The van der Waals surface area contributed by atoms with Crippen molar-refractivity contribution in [2.75, 3.05) is 52.9 Å². The molecule has 1 unspecified atom stereocenters. The van der Waals surface area contributed by atoms with Crippen LogP contribution < -0.4 is 0 Å². The van der Waals surface area contributed by atoms with Crippen LogP contribution in [0, 0.1) is 54.7 Å². The van der Waals surface area contributed by atoms with Crippen molar-refractivity contribution in [1.29, 1.82) is 0 Å². The molecule has 1 atom stereocenters. The molecule has 0 aliphatic heterocycles. The van der Waals surface area contributed by atoms with Gasteiger partial charge in [-0.1, -0.05) is 145 Å². The van der Waals surface area contributed by atoms with Gasteiger partial charge in [-0.05, 0) is 295 Å². The van der Waals surface area contributed by atoms with E-state index < -0.39 is 11.8 Å². The van der Waals surface area contributed by atoms with Gasteiger partial charge in [-0.3, -0.25) is 0 Å². The monoisotopic (exact) mass is 1430 g/mol. The Kier molecular flexibility index (Phi) is 44.0. The van der Waals surface area contributed by atoms with Crippen LogP contribution in [0.15, 0.2) is 0 Å². The number of hydrogen-bond acceptors (Lipinski definition) is 12. The van der Waals surface area contributed by atoms with Gasteiger partial charge in [0.1, 0.15) is 11.7 Å². The highest BCUT2D eigenvalue weighted by atomic mass is 16.7. The van der Waals surface area contributed by atoms with Crippen molar-refractivity contribution in [3.8, 4) is 0 Å². The van der Waals surface area contributed by atoms with Crippen molar-refractivity contribution in [1.82, 2.24) is 0 Å². The van der Waals surface area contributed by atoms with Gasteiger partial charge in [-0.15, -0.1) is 0 Å². The van der Waals surface area contributed by atoms with Crippen LogP contribution in [0.25, 0.3) is 0 Å². The third-order valence-electron chi connectivity index (χ3n) is 13.8. The summed E-state index contributed by atoms with van der Waals surface area (Å²) >= 11 is 0. The highest BCUT2D eigenvalue weighted by Crippen LogP contribution is 2.50. The Morgan fingerprint density at radius 1 is 0.240 bits per heavy atom. The second-order valence-electron chi connectivity index (χ2n) is 47.9. The van der Waals surface area contributed by atoms with E-state index in [-0.39, 0.29) is 78.2 Å². The maximum absolute atomic E-state index is 11.6. The molecule has 12 heteroatoms. The van der Waals surface area contributed by atoms with Crippen LogP contribution >= 0.6 is 0 Å². The first-order valence-corrected chi connectivity index (χ1v) is 38.6. The molecule has 608 valence electrons. The summed E-state index contributed by atoms with van der Waals surface area (Å²) in [6, 6.07) is 0. The van der Waals surface area contributed by atoms with E-state index in [0.29, 0.717) is 85.3 Å². The Balaban J connectivity index is -0.000000379. The van der Waals surface area contributed by atoms with Gasteiger partial charge in [0.2, 0.25) is 0 Å². The van der Waals surface area contributed by atoms with Crippen molar-refractivity contribution in [3.05, 3.63) is 0 Å². The summed E-state index contributed by atoms with van der Waals surface area (Å²) < 4.78 is 65.2. The van der Waals surface area contributed by atoms with Crippen LogP contribution in [0.4, 0.5) is 4.79 Å². The molecule has 100 heavy (non-hydrogen) atoms. The number of rotatable bonds is 24. The Morgan fingerprint density at radius 3 is 0.660 bits per heavy atom. The summed E-state index contributed by atoms with van der Waals surface area (Å²) in [7, 11) is 0. The molecule has 0 aromatic carbocycles. The van der Waals surface area contributed by atoms with Gasteiger partial charge in [0, 0.05) is 0 Å². The number of carbonyl (C=O) groups excluding carboxylic acids is 1. The zero-order valence-corrected chi connectivity index (χ0v) is 77.5. The van der Waals surface area contributed by atoms with Gasteiger partial charge in [0.15, 0.2) is 0 Å². The lowest BCUT2D eigenvalue weighted by molar-refractivity contribution is -0.181. The molecule has 0 heterocycles. The fraction of sp³-hybridized carbons (Fsp3) is 0.989. The molecule has 12 nitrogen and oxygen atoms in total. The predicted octanol–water partition coefficient (Wildman–Crippen LogP) is 26.2. The van der Waals surface area contributed by atoms with Gasteiger partial charge in [-0.2, -0.15) is 0 Å². The van der Waals surface area contributed by atoms with E-state index in [1.807, 2.05) is 83.1 Å². The smallest absolute Gasteiger partial charge is 0.434 e. The molecule has 0 aromatic heterocycles. The second kappa shape index (κ2) is 40.9. The molecule has 0 aliphatic carbocycles. The minimum Gasteiger partial charge on any atom is -0.434 e. The Hall–Kier alpha value is -1.09. The number of hydrogen-bond donors (Lipinski definition) is 0. The zero-order chi connectivity index (χ0) is 81.5. The maximum atomic E-state index is 11.6. The van der Waals surface area contributed by atoms with Gasteiger partial charge in [-0.25, -0.2) is 4.79 Å². The molecule has 0 saturated carbocycles. The van der Waals surface area contributed by atoms with Gasteiger partial charge in [0.05, 0.1) is 115 Å². The maximum Gasteiger partial charge on any atom is 0.508 e. The van der Waals surface area contributed by atoms with Crippen LogP contribution in [-0.2, 0) is 52.1 Å². The first kappa shape index (κ1) is 108. The highest BCUT2D eigenvalue weighted by Gasteiger charge is 2.43. The lowest BCUT2D eigenvalue weighted by Crippen LogP contribution is -2.48. The molecular formula is C88H184O12. The van der Waals surface area contributed by atoms with Crippen LogP contribution in [0.5, 0.6) is 0 Å². The van der Waals surface area contributed by atoms with Crippen LogP contribution in [-0.4, -0.2) is 127 Å². The van der Waals surface area contributed by atoms with E-state index in [0.717, 1.165) is 25.9 Å². The number of ether oxygens (including phenoxy) is 11.